The van der Waals surface area contributed by atoms with Gasteiger partial charge in [0.2, 0.25) is 17.6 Å². The molecule has 2 aromatic carbocycles. The average Bonchev–Trinajstić information content (AvgIpc) is 2.86. The van der Waals surface area contributed by atoms with Crippen LogP contribution in [0.5, 0.6) is 23.0 Å². The predicted molar refractivity (Wildman–Crippen MR) is 126 cm³/mol. The number of para-hydroxylation sites is 2. The van der Waals surface area contributed by atoms with E-state index in [2.05, 4.69) is 5.32 Å². The van der Waals surface area contributed by atoms with Crippen LogP contribution >= 0.6 is 0 Å². The Morgan fingerprint density at radius 1 is 0.909 bits per heavy atom. The number of hydrogen-bond acceptors (Lipinski definition) is 6. The predicted octanol–water partition coefficient (Wildman–Crippen LogP) is 3.61. The molecule has 0 bridgehead atoms. The molecule has 1 aliphatic rings. The van der Waals surface area contributed by atoms with Crippen LogP contribution in [-0.4, -0.2) is 58.2 Å². The molecule has 0 aliphatic carbocycles. The Labute approximate surface area is 194 Å². The summed E-state index contributed by atoms with van der Waals surface area (Å²) in [5.41, 5.74) is 1.40. The van der Waals surface area contributed by atoms with Crippen molar-refractivity contribution in [1.82, 2.24) is 4.90 Å². The molecule has 0 saturated carbocycles. The molecule has 8 heteroatoms. The fourth-order valence-corrected chi connectivity index (χ4v) is 3.82. The third-order valence-electron chi connectivity index (χ3n) is 5.65. The number of nitrogens with zero attached hydrogens (tertiary/aromatic N) is 1. The minimum absolute atomic E-state index is 0.0560. The van der Waals surface area contributed by atoms with Gasteiger partial charge < -0.3 is 29.2 Å². The molecular formula is C25H30N2O6. The molecule has 1 heterocycles. The first kappa shape index (κ1) is 24.0. The fourth-order valence-electron chi connectivity index (χ4n) is 3.82. The highest BCUT2D eigenvalue weighted by atomic mass is 16.5. The molecule has 3 rings (SSSR count). The molecule has 176 valence electrons. The van der Waals surface area contributed by atoms with Gasteiger partial charge in [0.1, 0.15) is 5.75 Å². The van der Waals surface area contributed by atoms with Crippen LogP contribution in [0.3, 0.4) is 0 Å². The SMILES string of the molecule is COc1ccccc1NC(=O)C1CCN(C(=O)/C=C/c2cc(OC)c(OC)c(OC)c2)CC1. The maximum absolute atomic E-state index is 12.7. The zero-order valence-corrected chi connectivity index (χ0v) is 19.4. The molecule has 0 aromatic heterocycles. The summed E-state index contributed by atoms with van der Waals surface area (Å²) in [6.07, 6.45) is 4.44. The Hall–Kier alpha value is -3.68. The van der Waals surface area contributed by atoms with E-state index in [9.17, 15) is 9.59 Å². The Kier molecular flexibility index (Phi) is 8.18. The average molecular weight is 455 g/mol. The Morgan fingerprint density at radius 2 is 1.52 bits per heavy atom. The molecular weight excluding hydrogens is 424 g/mol. The number of ether oxygens (including phenoxy) is 4. The summed E-state index contributed by atoms with van der Waals surface area (Å²) < 4.78 is 21.3. The van der Waals surface area contributed by atoms with Gasteiger partial charge in [0.15, 0.2) is 11.5 Å². The van der Waals surface area contributed by atoms with E-state index in [1.807, 2.05) is 18.2 Å². The van der Waals surface area contributed by atoms with Gasteiger partial charge >= 0.3 is 0 Å². The lowest BCUT2D eigenvalue weighted by Crippen LogP contribution is -2.40. The standard InChI is InChI=1S/C25H30N2O6/c1-30-20-8-6-5-7-19(20)26-25(29)18-11-13-27(14-12-18)23(28)10-9-17-15-21(31-2)24(33-4)22(16-17)32-3/h5-10,15-16,18H,11-14H2,1-4H3,(H,26,29)/b10-9+. The molecule has 1 saturated heterocycles. The highest BCUT2D eigenvalue weighted by Gasteiger charge is 2.27. The topological polar surface area (TPSA) is 86.3 Å². The minimum Gasteiger partial charge on any atom is -0.495 e. The van der Waals surface area contributed by atoms with Gasteiger partial charge in [-0.15, -0.1) is 0 Å². The number of rotatable bonds is 8. The smallest absolute Gasteiger partial charge is 0.246 e. The second kappa shape index (κ2) is 11.3. The van der Waals surface area contributed by atoms with Gasteiger partial charge in [0, 0.05) is 25.1 Å². The van der Waals surface area contributed by atoms with Crippen molar-refractivity contribution in [1.29, 1.82) is 0 Å². The van der Waals surface area contributed by atoms with Crippen molar-refractivity contribution in [2.75, 3.05) is 46.8 Å². The molecule has 33 heavy (non-hydrogen) atoms. The second-order valence-corrected chi connectivity index (χ2v) is 7.58. The number of carbonyl (C=O) groups is 2. The van der Waals surface area contributed by atoms with Gasteiger partial charge in [0.05, 0.1) is 34.1 Å². The van der Waals surface area contributed by atoms with Crippen molar-refractivity contribution in [3.63, 3.8) is 0 Å². The van der Waals surface area contributed by atoms with Gasteiger partial charge in [0.25, 0.3) is 0 Å². The molecule has 0 unspecified atom stereocenters. The number of amides is 2. The van der Waals surface area contributed by atoms with Crippen molar-refractivity contribution in [2.45, 2.75) is 12.8 Å². The normalized spacial score (nSPS) is 14.1. The van der Waals surface area contributed by atoms with E-state index < -0.39 is 0 Å². The number of benzene rings is 2. The molecule has 0 spiro atoms. The first-order valence-electron chi connectivity index (χ1n) is 10.7. The van der Waals surface area contributed by atoms with E-state index in [1.54, 1.807) is 57.6 Å². The molecule has 2 amide bonds. The molecule has 0 radical (unpaired) electrons. The maximum atomic E-state index is 12.7. The molecule has 1 fully saturated rings. The Balaban J connectivity index is 1.58. The zero-order chi connectivity index (χ0) is 23.8. The lowest BCUT2D eigenvalue weighted by molar-refractivity contribution is -0.130. The van der Waals surface area contributed by atoms with E-state index in [-0.39, 0.29) is 17.7 Å². The van der Waals surface area contributed by atoms with Gasteiger partial charge in [-0.3, -0.25) is 9.59 Å². The molecule has 2 aromatic rings. The number of carbonyl (C=O) groups excluding carboxylic acids is 2. The highest BCUT2D eigenvalue weighted by Crippen LogP contribution is 2.38. The van der Waals surface area contributed by atoms with Gasteiger partial charge in [-0.05, 0) is 48.7 Å². The van der Waals surface area contributed by atoms with Crippen LogP contribution in [-0.2, 0) is 9.59 Å². The first-order valence-corrected chi connectivity index (χ1v) is 10.7. The number of hydrogen-bond donors (Lipinski definition) is 1. The van der Waals surface area contributed by atoms with Crippen LogP contribution in [0.15, 0.2) is 42.5 Å². The monoisotopic (exact) mass is 454 g/mol. The van der Waals surface area contributed by atoms with Crippen molar-refractivity contribution in [3.8, 4) is 23.0 Å². The van der Waals surface area contributed by atoms with Crippen LogP contribution in [0.2, 0.25) is 0 Å². The van der Waals surface area contributed by atoms with Gasteiger partial charge in [-0.1, -0.05) is 12.1 Å². The third kappa shape index (κ3) is 5.77. The van der Waals surface area contributed by atoms with Gasteiger partial charge in [-0.25, -0.2) is 0 Å². The Bertz CT molecular complexity index is 987. The minimum atomic E-state index is -0.155. The molecule has 8 nitrogen and oxygen atoms in total. The summed E-state index contributed by atoms with van der Waals surface area (Å²) >= 11 is 0. The van der Waals surface area contributed by atoms with E-state index in [4.69, 9.17) is 18.9 Å². The van der Waals surface area contributed by atoms with Crippen LogP contribution in [0.25, 0.3) is 6.08 Å². The van der Waals surface area contributed by atoms with Crippen LogP contribution in [0, 0.1) is 5.92 Å². The Morgan fingerprint density at radius 3 is 2.09 bits per heavy atom. The summed E-state index contributed by atoms with van der Waals surface area (Å²) in [7, 11) is 6.20. The van der Waals surface area contributed by atoms with E-state index >= 15 is 0 Å². The molecule has 1 aliphatic heterocycles. The zero-order valence-electron chi connectivity index (χ0n) is 19.4. The summed E-state index contributed by atoms with van der Waals surface area (Å²) in [5, 5.41) is 2.94. The van der Waals surface area contributed by atoms with Crippen molar-refractivity contribution in [3.05, 3.63) is 48.0 Å². The van der Waals surface area contributed by atoms with E-state index in [0.29, 0.717) is 54.6 Å². The fraction of sp³-hybridized carbons (Fsp3) is 0.360. The number of nitrogens with one attached hydrogen (secondary N) is 1. The third-order valence-corrected chi connectivity index (χ3v) is 5.65. The quantitative estimate of drug-likeness (QED) is 0.614. The summed E-state index contributed by atoms with van der Waals surface area (Å²) in [6.45, 7) is 1.03. The molecule has 1 N–H and O–H groups in total. The highest BCUT2D eigenvalue weighted by molar-refractivity contribution is 5.95. The number of likely N-dealkylation sites (tertiary alicyclic amines) is 1. The summed E-state index contributed by atoms with van der Waals surface area (Å²) in [5.74, 6) is 1.84. The number of methoxy groups -OCH3 is 4. The van der Waals surface area contributed by atoms with E-state index in [1.165, 1.54) is 6.08 Å². The number of piperidine rings is 1. The van der Waals surface area contributed by atoms with Crippen molar-refractivity contribution < 1.29 is 28.5 Å². The summed E-state index contributed by atoms with van der Waals surface area (Å²) in [6, 6.07) is 10.9. The van der Waals surface area contributed by atoms with Crippen molar-refractivity contribution >= 4 is 23.6 Å². The largest absolute Gasteiger partial charge is 0.495 e. The van der Waals surface area contributed by atoms with Crippen LogP contribution < -0.4 is 24.3 Å². The first-order chi connectivity index (χ1) is 16.0. The second-order valence-electron chi connectivity index (χ2n) is 7.58. The number of anilines is 1. The van der Waals surface area contributed by atoms with E-state index in [0.717, 1.165) is 5.56 Å². The lowest BCUT2D eigenvalue weighted by Gasteiger charge is -2.30. The van der Waals surface area contributed by atoms with Crippen LogP contribution in [0.4, 0.5) is 5.69 Å². The van der Waals surface area contributed by atoms with Crippen molar-refractivity contribution in [2.24, 2.45) is 5.92 Å². The molecule has 0 atom stereocenters. The van der Waals surface area contributed by atoms with Gasteiger partial charge in [-0.2, -0.15) is 0 Å². The van der Waals surface area contributed by atoms with Crippen LogP contribution in [0.1, 0.15) is 18.4 Å². The maximum Gasteiger partial charge on any atom is 0.246 e. The lowest BCUT2D eigenvalue weighted by atomic mass is 9.95. The summed E-state index contributed by atoms with van der Waals surface area (Å²) in [4.78, 5) is 27.1.